The molecule has 2 rings (SSSR count). The van der Waals surface area contributed by atoms with Crippen LogP contribution in [0.5, 0.6) is 0 Å². The molecule has 1 aliphatic rings. The van der Waals surface area contributed by atoms with Crippen molar-refractivity contribution in [3.63, 3.8) is 0 Å². The molecule has 22 heavy (non-hydrogen) atoms. The fourth-order valence-corrected chi connectivity index (χ4v) is 4.31. The van der Waals surface area contributed by atoms with Crippen molar-refractivity contribution >= 4 is 15.7 Å². The minimum absolute atomic E-state index is 0.00764. The van der Waals surface area contributed by atoms with Gasteiger partial charge in [-0.25, -0.2) is 8.42 Å². The maximum atomic E-state index is 12.3. The summed E-state index contributed by atoms with van der Waals surface area (Å²) < 4.78 is 61.5. The van der Waals surface area contributed by atoms with Gasteiger partial charge < -0.3 is 4.90 Å². The molecule has 8 heteroatoms. The summed E-state index contributed by atoms with van der Waals surface area (Å²) in [5.41, 5.74) is 0.604. The Hall–Kier alpha value is -1.57. The SMILES string of the molecule is O=C(CC(F)(F)F)N1CC[C@H](c2ccccc2)S(=O)(=O)CC1. The molecule has 1 amide bonds. The molecule has 4 nitrogen and oxygen atoms in total. The van der Waals surface area contributed by atoms with Crippen LogP contribution in [0.15, 0.2) is 30.3 Å². The van der Waals surface area contributed by atoms with Crippen molar-refractivity contribution in [2.75, 3.05) is 18.8 Å². The van der Waals surface area contributed by atoms with E-state index in [0.29, 0.717) is 5.56 Å². The van der Waals surface area contributed by atoms with Gasteiger partial charge in [-0.2, -0.15) is 13.2 Å². The lowest BCUT2D eigenvalue weighted by Crippen LogP contribution is -2.36. The van der Waals surface area contributed by atoms with Gasteiger partial charge in [0.25, 0.3) is 0 Å². The minimum atomic E-state index is -4.58. The Balaban J connectivity index is 2.15. The van der Waals surface area contributed by atoms with Gasteiger partial charge in [-0.15, -0.1) is 0 Å². The molecule has 0 unspecified atom stereocenters. The third kappa shape index (κ3) is 4.22. The van der Waals surface area contributed by atoms with Gasteiger partial charge in [0.05, 0.1) is 11.0 Å². The molecule has 0 N–H and O–H groups in total. The molecule has 1 aromatic rings. The van der Waals surface area contributed by atoms with Crippen molar-refractivity contribution in [2.45, 2.75) is 24.3 Å². The maximum absolute atomic E-state index is 12.3. The number of carbonyl (C=O) groups excluding carboxylic acids is 1. The number of sulfone groups is 1. The first kappa shape index (κ1) is 16.8. The summed E-state index contributed by atoms with van der Waals surface area (Å²) in [6, 6.07) is 8.53. The van der Waals surface area contributed by atoms with Crippen LogP contribution in [0.3, 0.4) is 0 Å². The maximum Gasteiger partial charge on any atom is 0.397 e. The first-order chi connectivity index (χ1) is 10.2. The van der Waals surface area contributed by atoms with Crippen LogP contribution in [-0.2, 0) is 14.6 Å². The molecule has 1 aliphatic heterocycles. The molecule has 1 aromatic carbocycles. The molecule has 0 saturated carbocycles. The molecule has 1 heterocycles. The summed E-state index contributed by atoms with van der Waals surface area (Å²) in [5, 5.41) is -0.780. The zero-order valence-corrected chi connectivity index (χ0v) is 12.5. The average Bonchev–Trinajstić information content (AvgIpc) is 2.56. The van der Waals surface area contributed by atoms with Gasteiger partial charge in [0.2, 0.25) is 5.91 Å². The Bertz CT molecular complexity index is 628. The van der Waals surface area contributed by atoms with Crippen LogP contribution in [-0.4, -0.2) is 44.2 Å². The van der Waals surface area contributed by atoms with Gasteiger partial charge >= 0.3 is 6.18 Å². The van der Waals surface area contributed by atoms with Crippen molar-refractivity contribution < 1.29 is 26.4 Å². The number of rotatable bonds is 2. The molecule has 1 fully saturated rings. The van der Waals surface area contributed by atoms with Gasteiger partial charge in [-0.05, 0) is 12.0 Å². The first-order valence-corrected chi connectivity index (χ1v) is 8.51. The highest BCUT2D eigenvalue weighted by molar-refractivity contribution is 7.91. The first-order valence-electron chi connectivity index (χ1n) is 6.80. The summed E-state index contributed by atoms with van der Waals surface area (Å²) >= 11 is 0. The van der Waals surface area contributed by atoms with E-state index in [1.807, 2.05) is 0 Å². The summed E-state index contributed by atoms with van der Waals surface area (Å²) in [6.45, 7) is -0.186. The molecule has 0 bridgehead atoms. The zero-order valence-electron chi connectivity index (χ0n) is 11.7. The summed E-state index contributed by atoms with van der Waals surface area (Å²) in [5.74, 6) is -1.40. The number of hydrogen-bond donors (Lipinski definition) is 0. The van der Waals surface area contributed by atoms with Gasteiger partial charge in [0, 0.05) is 13.1 Å². The van der Waals surface area contributed by atoms with Crippen molar-refractivity contribution in [1.82, 2.24) is 4.90 Å². The number of nitrogens with zero attached hydrogens (tertiary/aromatic N) is 1. The van der Waals surface area contributed by atoms with E-state index in [9.17, 15) is 26.4 Å². The topological polar surface area (TPSA) is 54.5 Å². The lowest BCUT2D eigenvalue weighted by molar-refractivity contribution is -0.161. The molecule has 0 spiro atoms. The quantitative estimate of drug-likeness (QED) is 0.833. The van der Waals surface area contributed by atoms with E-state index in [4.69, 9.17) is 0 Å². The Labute approximate surface area is 126 Å². The molecular formula is C14H16F3NO3S. The molecule has 122 valence electrons. The van der Waals surface area contributed by atoms with Crippen LogP contribution in [0.2, 0.25) is 0 Å². The summed E-state index contributed by atoms with van der Waals surface area (Å²) in [6.07, 6.45) is -6.03. The predicted octanol–water partition coefficient (Wildman–Crippen LogP) is 2.33. The molecule has 1 saturated heterocycles. The van der Waals surface area contributed by atoms with Crippen molar-refractivity contribution in [1.29, 1.82) is 0 Å². The molecule has 0 aliphatic carbocycles. The van der Waals surface area contributed by atoms with Crippen LogP contribution in [0.25, 0.3) is 0 Å². The molecule has 1 atom stereocenters. The van der Waals surface area contributed by atoms with E-state index in [-0.39, 0.29) is 25.3 Å². The highest BCUT2D eigenvalue weighted by Crippen LogP contribution is 2.30. The minimum Gasteiger partial charge on any atom is -0.341 e. The van der Waals surface area contributed by atoms with Gasteiger partial charge in [0.1, 0.15) is 6.42 Å². The van der Waals surface area contributed by atoms with E-state index in [2.05, 4.69) is 0 Å². The van der Waals surface area contributed by atoms with E-state index < -0.39 is 33.6 Å². The van der Waals surface area contributed by atoms with Crippen LogP contribution < -0.4 is 0 Å². The molecular weight excluding hydrogens is 319 g/mol. The average molecular weight is 335 g/mol. The fourth-order valence-electron chi connectivity index (χ4n) is 2.52. The lowest BCUT2D eigenvalue weighted by Gasteiger charge is -2.20. The van der Waals surface area contributed by atoms with Crippen LogP contribution in [0, 0.1) is 0 Å². The van der Waals surface area contributed by atoms with Crippen molar-refractivity contribution in [3.8, 4) is 0 Å². The second kappa shape index (κ2) is 6.28. The van der Waals surface area contributed by atoms with Crippen LogP contribution in [0.1, 0.15) is 23.7 Å². The molecule has 0 aromatic heterocycles. The predicted molar refractivity (Wildman–Crippen MR) is 74.8 cm³/mol. The monoisotopic (exact) mass is 335 g/mol. The van der Waals surface area contributed by atoms with E-state index >= 15 is 0 Å². The standard InChI is InChI=1S/C14H16F3NO3S/c15-14(16,17)10-13(19)18-7-6-12(22(20,21)9-8-18)11-4-2-1-3-5-11/h1-5,12H,6-10H2/t12-/m1/s1. The van der Waals surface area contributed by atoms with Crippen molar-refractivity contribution in [3.05, 3.63) is 35.9 Å². The van der Waals surface area contributed by atoms with Crippen LogP contribution >= 0.6 is 0 Å². The third-order valence-electron chi connectivity index (χ3n) is 3.62. The van der Waals surface area contributed by atoms with E-state index in [1.165, 1.54) is 0 Å². The second-order valence-corrected chi connectivity index (χ2v) is 7.53. The number of halogens is 3. The number of hydrogen-bond acceptors (Lipinski definition) is 3. The van der Waals surface area contributed by atoms with Crippen molar-refractivity contribution in [2.24, 2.45) is 0 Å². The lowest BCUT2D eigenvalue weighted by atomic mass is 10.1. The Morgan fingerprint density at radius 2 is 1.82 bits per heavy atom. The highest BCUT2D eigenvalue weighted by Gasteiger charge is 2.37. The van der Waals surface area contributed by atoms with E-state index in [0.717, 1.165) is 4.90 Å². The normalized spacial score (nSPS) is 22.1. The van der Waals surface area contributed by atoms with Gasteiger partial charge in [-0.1, -0.05) is 30.3 Å². The third-order valence-corrected chi connectivity index (χ3v) is 5.74. The highest BCUT2D eigenvalue weighted by atomic mass is 32.2. The van der Waals surface area contributed by atoms with Crippen LogP contribution in [0.4, 0.5) is 13.2 Å². The molecule has 0 radical (unpaired) electrons. The zero-order chi connectivity index (χ0) is 16.4. The van der Waals surface area contributed by atoms with E-state index in [1.54, 1.807) is 30.3 Å². The Kier molecular flexibility index (Phi) is 4.79. The fraction of sp³-hybridized carbons (Fsp3) is 0.500. The van der Waals surface area contributed by atoms with Gasteiger partial charge in [0.15, 0.2) is 9.84 Å². The Morgan fingerprint density at radius 1 is 1.18 bits per heavy atom. The number of amides is 1. The number of carbonyl (C=O) groups is 1. The largest absolute Gasteiger partial charge is 0.397 e. The van der Waals surface area contributed by atoms with Gasteiger partial charge in [-0.3, -0.25) is 4.79 Å². The Morgan fingerprint density at radius 3 is 2.41 bits per heavy atom. The smallest absolute Gasteiger partial charge is 0.341 e. The number of alkyl halides is 3. The number of benzene rings is 1. The second-order valence-electron chi connectivity index (χ2n) is 5.23. The summed E-state index contributed by atoms with van der Waals surface area (Å²) in [4.78, 5) is 12.6. The summed E-state index contributed by atoms with van der Waals surface area (Å²) in [7, 11) is -3.50.